The fourth-order valence-corrected chi connectivity index (χ4v) is 5.83. The summed E-state index contributed by atoms with van der Waals surface area (Å²) in [6.45, 7) is 3.14. The van der Waals surface area contributed by atoms with Crippen LogP contribution in [0.25, 0.3) is 0 Å². The highest BCUT2D eigenvalue weighted by molar-refractivity contribution is 9.10. The number of hydrogen-bond acceptors (Lipinski definition) is 5. The van der Waals surface area contributed by atoms with Crippen LogP contribution in [0.1, 0.15) is 12.5 Å². The number of nitrogen functional groups attached to an aromatic ring is 1. The summed E-state index contributed by atoms with van der Waals surface area (Å²) < 4.78 is 25.3. The van der Waals surface area contributed by atoms with Crippen LogP contribution in [0.5, 0.6) is 0 Å². The van der Waals surface area contributed by atoms with Gasteiger partial charge in [0.1, 0.15) is 5.37 Å². The number of nitrogens with zero attached hydrogens (tertiary/aromatic N) is 1. The molecular formula is C13H19BrN2O2S2. The molecule has 0 amide bonds. The van der Waals surface area contributed by atoms with Crippen LogP contribution in [0.15, 0.2) is 22.7 Å². The highest BCUT2D eigenvalue weighted by atomic mass is 79.9. The SMILES string of the molecule is CCS(=O)(=O)C1CSCCN1Cc1ccc(N)cc1Br. The first-order valence-electron chi connectivity index (χ1n) is 6.51. The number of thioether (sulfide) groups is 1. The predicted octanol–water partition coefficient (Wildman–Crippen LogP) is 2.34. The summed E-state index contributed by atoms with van der Waals surface area (Å²) in [5.41, 5.74) is 7.51. The Hall–Kier alpha value is -0.240. The highest BCUT2D eigenvalue weighted by Crippen LogP contribution is 2.27. The van der Waals surface area contributed by atoms with Gasteiger partial charge >= 0.3 is 0 Å². The molecule has 1 aliphatic rings. The van der Waals surface area contributed by atoms with Gasteiger partial charge in [0.15, 0.2) is 9.84 Å². The molecule has 2 rings (SSSR count). The van der Waals surface area contributed by atoms with Crippen LogP contribution in [0.3, 0.4) is 0 Å². The number of sulfone groups is 1. The minimum Gasteiger partial charge on any atom is -0.399 e. The lowest BCUT2D eigenvalue weighted by molar-refractivity contribution is 0.261. The molecule has 4 nitrogen and oxygen atoms in total. The first kappa shape index (κ1) is 16.1. The highest BCUT2D eigenvalue weighted by Gasteiger charge is 2.32. The molecule has 1 aromatic carbocycles. The molecule has 0 bridgehead atoms. The normalized spacial score (nSPS) is 21.0. The average molecular weight is 379 g/mol. The van der Waals surface area contributed by atoms with Gasteiger partial charge in [0.2, 0.25) is 0 Å². The molecule has 7 heteroatoms. The van der Waals surface area contributed by atoms with E-state index >= 15 is 0 Å². The van der Waals surface area contributed by atoms with Crippen LogP contribution >= 0.6 is 27.7 Å². The van der Waals surface area contributed by atoms with Crippen molar-refractivity contribution in [3.05, 3.63) is 28.2 Å². The number of anilines is 1. The largest absolute Gasteiger partial charge is 0.399 e. The van der Waals surface area contributed by atoms with Crippen molar-refractivity contribution in [3.63, 3.8) is 0 Å². The van der Waals surface area contributed by atoms with Gasteiger partial charge in [0, 0.05) is 40.5 Å². The van der Waals surface area contributed by atoms with Gasteiger partial charge in [-0.25, -0.2) is 8.42 Å². The van der Waals surface area contributed by atoms with Gasteiger partial charge in [-0.1, -0.05) is 28.9 Å². The Kier molecular flexibility index (Phi) is 5.39. The maximum atomic E-state index is 12.2. The second-order valence-electron chi connectivity index (χ2n) is 4.80. The topological polar surface area (TPSA) is 63.4 Å². The van der Waals surface area contributed by atoms with Crippen LogP contribution in [0.4, 0.5) is 5.69 Å². The lowest BCUT2D eigenvalue weighted by Crippen LogP contribution is -2.47. The summed E-state index contributed by atoms with van der Waals surface area (Å²) in [5, 5.41) is -0.379. The summed E-state index contributed by atoms with van der Waals surface area (Å²) in [4.78, 5) is 2.06. The molecule has 1 atom stereocenters. The van der Waals surface area contributed by atoms with Crippen molar-refractivity contribution in [2.45, 2.75) is 18.8 Å². The zero-order valence-electron chi connectivity index (χ0n) is 11.4. The molecule has 112 valence electrons. The van der Waals surface area contributed by atoms with Crippen molar-refractivity contribution in [2.75, 3.05) is 29.5 Å². The Morgan fingerprint density at radius 2 is 2.25 bits per heavy atom. The molecule has 0 aliphatic carbocycles. The molecule has 1 fully saturated rings. The first-order chi connectivity index (χ1) is 9.44. The molecule has 1 aromatic rings. The van der Waals surface area contributed by atoms with E-state index in [-0.39, 0.29) is 11.1 Å². The molecule has 20 heavy (non-hydrogen) atoms. The van der Waals surface area contributed by atoms with Gasteiger partial charge in [0.25, 0.3) is 0 Å². The number of nitrogens with two attached hydrogens (primary N) is 1. The summed E-state index contributed by atoms with van der Waals surface area (Å²) >= 11 is 5.21. The Balaban J connectivity index is 2.21. The van der Waals surface area contributed by atoms with Gasteiger partial charge < -0.3 is 5.73 Å². The van der Waals surface area contributed by atoms with Crippen LogP contribution in [0.2, 0.25) is 0 Å². The quantitative estimate of drug-likeness (QED) is 0.814. The Labute approximate surface area is 133 Å². The third kappa shape index (κ3) is 3.69. The van der Waals surface area contributed by atoms with E-state index in [1.807, 2.05) is 18.2 Å². The minimum atomic E-state index is -3.05. The molecule has 0 spiro atoms. The summed E-state index contributed by atoms with van der Waals surface area (Å²) in [7, 11) is -3.05. The van der Waals surface area contributed by atoms with Crippen molar-refractivity contribution in [3.8, 4) is 0 Å². The monoisotopic (exact) mass is 378 g/mol. The van der Waals surface area contributed by atoms with E-state index in [1.54, 1.807) is 18.7 Å². The molecule has 0 radical (unpaired) electrons. The van der Waals surface area contributed by atoms with Crippen molar-refractivity contribution in [1.29, 1.82) is 0 Å². The Morgan fingerprint density at radius 3 is 2.90 bits per heavy atom. The average Bonchev–Trinajstić information content (AvgIpc) is 2.42. The maximum absolute atomic E-state index is 12.2. The second-order valence-corrected chi connectivity index (χ2v) is 9.25. The minimum absolute atomic E-state index is 0.192. The number of benzene rings is 1. The Bertz CT molecular complexity index is 578. The van der Waals surface area contributed by atoms with Crippen LogP contribution in [-0.2, 0) is 16.4 Å². The van der Waals surface area contributed by atoms with Crippen molar-refractivity contribution < 1.29 is 8.42 Å². The molecule has 1 saturated heterocycles. The van der Waals surface area contributed by atoms with E-state index in [2.05, 4.69) is 20.8 Å². The van der Waals surface area contributed by atoms with Crippen molar-refractivity contribution in [1.82, 2.24) is 4.90 Å². The zero-order valence-corrected chi connectivity index (χ0v) is 14.6. The van der Waals surface area contributed by atoms with E-state index in [0.29, 0.717) is 18.0 Å². The summed E-state index contributed by atoms with van der Waals surface area (Å²) in [6, 6.07) is 5.66. The molecule has 0 saturated carbocycles. The van der Waals surface area contributed by atoms with Crippen LogP contribution in [-0.4, -0.2) is 42.5 Å². The number of hydrogen-bond donors (Lipinski definition) is 1. The molecule has 1 heterocycles. The van der Waals surface area contributed by atoms with Crippen LogP contribution < -0.4 is 5.73 Å². The second kappa shape index (κ2) is 6.68. The standard InChI is InChI=1S/C13H19BrN2O2S2/c1-2-20(17,18)13-9-19-6-5-16(13)8-10-3-4-11(15)7-12(10)14/h3-4,7,13H,2,5-6,8-9,15H2,1H3. The molecule has 0 aromatic heterocycles. The van der Waals surface area contributed by atoms with Gasteiger partial charge in [-0.05, 0) is 17.7 Å². The van der Waals surface area contributed by atoms with Gasteiger partial charge in [-0.2, -0.15) is 11.8 Å². The fraction of sp³-hybridized carbons (Fsp3) is 0.538. The van der Waals surface area contributed by atoms with Crippen molar-refractivity contribution >= 4 is 43.2 Å². The Morgan fingerprint density at radius 1 is 1.50 bits per heavy atom. The third-order valence-electron chi connectivity index (χ3n) is 3.46. The summed E-state index contributed by atoms with van der Waals surface area (Å²) in [6.07, 6.45) is 0. The van der Waals surface area contributed by atoms with E-state index in [9.17, 15) is 8.42 Å². The van der Waals surface area contributed by atoms with Gasteiger partial charge in [-0.15, -0.1) is 0 Å². The lowest BCUT2D eigenvalue weighted by Gasteiger charge is -2.34. The number of rotatable bonds is 4. The zero-order chi connectivity index (χ0) is 14.8. The van der Waals surface area contributed by atoms with Gasteiger partial charge in [0.05, 0.1) is 0 Å². The predicted molar refractivity (Wildman–Crippen MR) is 89.5 cm³/mol. The van der Waals surface area contributed by atoms with E-state index < -0.39 is 9.84 Å². The molecule has 1 aliphatic heterocycles. The molecule has 1 unspecified atom stereocenters. The molecule has 2 N–H and O–H groups in total. The first-order valence-corrected chi connectivity index (χ1v) is 10.2. The smallest absolute Gasteiger partial charge is 0.166 e. The van der Waals surface area contributed by atoms with Gasteiger partial charge in [-0.3, -0.25) is 4.90 Å². The molecular weight excluding hydrogens is 360 g/mol. The van der Waals surface area contributed by atoms with Crippen LogP contribution in [0, 0.1) is 0 Å². The van der Waals surface area contributed by atoms with E-state index in [4.69, 9.17) is 5.73 Å². The lowest BCUT2D eigenvalue weighted by atomic mass is 10.2. The fourth-order valence-electron chi connectivity index (χ4n) is 2.23. The van der Waals surface area contributed by atoms with Crippen molar-refractivity contribution in [2.24, 2.45) is 0 Å². The summed E-state index contributed by atoms with van der Waals surface area (Å²) in [5.74, 6) is 1.82. The third-order valence-corrected chi connectivity index (χ3v) is 7.53. The maximum Gasteiger partial charge on any atom is 0.166 e. The van der Waals surface area contributed by atoms with E-state index in [1.165, 1.54) is 0 Å². The number of halogens is 1. The van der Waals surface area contributed by atoms with E-state index in [0.717, 1.165) is 22.3 Å².